The molecule has 2 aromatic heterocycles. The van der Waals surface area contributed by atoms with Gasteiger partial charge in [0, 0.05) is 12.1 Å². The molecule has 0 unspecified atom stereocenters. The Morgan fingerprint density at radius 3 is 2.37 bits per heavy atom. The molecule has 0 aliphatic heterocycles. The van der Waals surface area contributed by atoms with E-state index in [-0.39, 0.29) is 28.7 Å². The van der Waals surface area contributed by atoms with E-state index in [1.807, 2.05) is 0 Å². The van der Waals surface area contributed by atoms with E-state index in [1.165, 1.54) is 25.1 Å². The van der Waals surface area contributed by atoms with E-state index in [1.54, 1.807) is 30.3 Å². The quantitative estimate of drug-likeness (QED) is 0.467. The van der Waals surface area contributed by atoms with Gasteiger partial charge in [-0.2, -0.15) is 0 Å². The Morgan fingerprint density at radius 2 is 1.78 bits per heavy atom. The molecule has 1 aromatic carbocycles. The lowest BCUT2D eigenvalue weighted by molar-refractivity contribution is -0.386. The lowest BCUT2D eigenvalue weighted by atomic mass is 10.2. The second-order valence-electron chi connectivity index (χ2n) is 5.35. The summed E-state index contributed by atoms with van der Waals surface area (Å²) in [5, 5.41) is 25.2. The largest absolute Gasteiger partial charge is 0.439 e. The predicted octanol–water partition coefficient (Wildman–Crippen LogP) is 4.16. The lowest BCUT2D eigenvalue weighted by Gasteiger charge is -2.04. The number of aryl methyl sites for hydroxylation is 1. The van der Waals surface area contributed by atoms with Gasteiger partial charge in [-0.15, -0.1) is 0 Å². The van der Waals surface area contributed by atoms with Gasteiger partial charge in [-0.1, -0.05) is 23.4 Å². The normalized spacial score (nSPS) is 10.9. The molecule has 0 radical (unpaired) electrons. The van der Waals surface area contributed by atoms with Crippen molar-refractivity contribution in [2.75, 3.05) is 0 Å². The first-order chi connectivity index (χ1) is 12.9. The summed E-state index contributed by atoms with van der Waals surface area (Å²) in [4.78, 5) is 24.4. The van der Waals surface area contributed by atoms with Crippen molar-refractivity contribution < 1.29 is 19.1 Å². The fourth-order valence-electron chi connectivity index (χ4n) is 2.19. The van der Waals surface area contributed by atoms with Gasteiger partial charge in [-0.25, -0.2) is 4.98 Å². The number of nitro groups is 2. The van der Waals surface area contributed by atoms with E-state index >= 15 is 0 Å². The Kier molecular flexibility index (Phi) is 4.88. The summed E-state index contributed by atoms with van der Waals surface area (Å²) in [6, 6.07) is 9.49. The van der Waals surface area contributed by atoms with Crippen LogP contribution in [0, 0.1) is 27.2 Å². The van der Waals surface area contributed by atoms with Crippen LogP contribution in [0.3, 0.4) is 0 Å². The number of hydrogen-bond acceptors (Lipinski definition) is 8. The van der Waals surface area contributed by atoms with Crippen LogP contribution in [0.1, 0.15) is 17.0 Å². The van der Waals surface area contributed by atoms with Gasteiger partial charge in [0.15, 0.2) is 5.69 Å². The van der Waals surface area contributed by atoms with Gasteiger partial charge >= 0.3 is 5.69 Å². The van der Waals surface area contributed by atoms with Crippen LogP contribution >= 0.6 is 0 Å². The van der Waals surface area contributed by atoms with Crippen LogP contribution in [0.2, 0.25) is 0 Å². The van der Waals surface area contributed by atoms with Gasteiger partial charge < -0.3 is 9.26 Å². The summed E-state index contributed by atoms with van der Waals surface area (Å²) in [5.41, 5.74) is 0.663. The molecule has 10 heteroatoms. The number of aromatic nitrogens is 2. The first-order valence-corrected chi connectivity index (χ1v) is 7.61. The van der Waals surface area contributed by atoms with Crippen molar-refractivity contribution in [1.82, 2.24) is 10.1 Å². The van der Waals surface area contributed by atoms with Crippen molar-refractivity contribution in [2.45, 2.75) is 6.92 Å². The SMILES string of the molecule is Cc1noc(/C=C/c2ccc(Oc3ccc([N+](=O)[O-])cn3)cc2)c1[N+](=O)[O-]. The van der Waals surface area contributed by atoms with Crippen molar-refractivity contribution in [3.63, 3.8) is 0 Å². The third-order valence-corrected chi connectivity index (χ3v) is 3.50. The molecule has 0 bridgehead atoms. The zero-order valence-corrected chi connectivity index (χ0v) is 13.9. The number of benzene rings is 1. The minimum absolute atomic E-state index is 0.0629. The fourth-order valence-corrected chi connectivity index (χ4v) is 2.19. The lowest BCUT2D eigenvalue weighted by Crippen LogP contribution is -1.91. The molecule has 0 fully saturated rings. The maximum atomic E-state index is 11.0. The highest BCUT2D eigenvalue weighted by atomic mass is 16.6. The third kappa shape index (κ3) is 4.12. The van der Waals surface area contributed by atoms with Crippen LogP contribution in [0.4, 0.5) is 11.4 Å². The molecule has 0 N–H and O–H groups in total. The summed E-state index contributed by atoms with van der Waals surface area (Å²) in [6.45, 7) is 1.50. The summed E-state index contributed by atoms with van der Waals surface area (Å²) in [5.74, 6) is 0.763. The number of ether oxygens (including phenoxy) is 1. The van der Waals surface area contributed by atoms with Gasteiger partial charge in [-0.3, -0.25) is 20.2 Å². The molecule has 0 spiro atoms. The highest BCUT2D eigenvalue weighted by Gasteiger charge is 2.21. The molecule has 0 atom stereocenters. The number of hydrogen-bond donors (Lipinski definition) is 0. The van der Waals surface area contributed by atoms with Crippen LogP contribution in [0.15, 0.2) is 47.1 Å². The molecule has 10 nitrogen and oxygen atoms in total. The monoisotopic (exact) mass is 368 g/mol. The van der Waals surface area contributed by atoms with E-state index in [4.69, 9.17) is 9.26 Å². The average molecular weight is 368 g/mol. The molecule has 0 amide bonds. The fraction of sp³-hybridized carbons (Fsp3) is 0.0588. The topological polar surface area (TPSA) is 134 Å². The summed E-state index contributed by atoms with van der Waals surface area (Å²) >= 11 is 0. The second-order valence-corrected chi connectivity index (χ2v) is 5.35. The molecule has 0 saturated heterocycles. The summed E-state index contributed by atoms with van der Waals surface area (Å²) < 4.78 is 10.5. The van der Waals surface area contributed by atoms with Crippen molar-refractivity contribution in [3.05, 3.63) is 79.8 Å². The zero-order valence-electron chi connectivity index (χ0n) is 13.9. The van der Waals surface area contributed by atoms with E-state index in [9.17, 15) is 20.2 Å². The number of rotatable bonds is 6. The van der Waals surface area contributed by atoms with Crippen LogP contribution in [0.5, 0.6) is 11.6 Å². The van der Waals surface area contributed by atoms with Gasteiger partial charge in [0.2, 0.25) is 11.6 Å². The van der Waals surface area contributed by atoms with E-state index in [0.717, 1.165) is 11.8 Å². The van der Waals surface area contributed by atoms with Crippen LogP contribution < -0.4 is 4.74 Å². The van der Waals surface area contributed by atoms with E-state index in [0.29, 0.717) is 5.75 Å². The van der Waals surface area contributed by atoms with Crippen molar-refractivity contribution in [2.24, 2.45) is 0 Å². The molecule has 3 aromatic rings. The Hall–Kier alpha value is -4.08. The predicted molar refractivity (Wildman–Crippen MR) is 94.2 cm³/mol. The molecule has 0 saturated carbocycles. The highest BCUT2D eigenvalue weighted by molar-refractivity contribution is 5.71. The van der Waals surface area contributed by atoms with Crippen molar-refractivity contribution in [3.8, 4) is 11.6 Å². The molecule has 0 aliphatic carbocycles. The maximum Gasteiger partial charge on any atom is 0.338 e. The average Bonchev–Trinajstić information content (AvgIpc) is 3.02. The molecular formula is C17H12N4O6. The van der Waals surface area contributed by atoms with Gasteiger partial charge in [0.25, 0.3) is 5.69 Å². The second kappa shape index (κ2) is 7.44. The first kappa shape index (κ1) is 17.7. The molecule has 3 rings (SSSR count). The number of pyridine rings is 1. The Bertz CT molecular complexity index is 1010. The van der Waals surface area contributed by atoms with Gasteiger partial charge in [0.05, 0.1) is 9.85 Å². The Balaban J connectivity index is 1.70. The minimum atomic E-state index is -0.543. The van der Waals surface area contributed by atoms with Crippen LogP contribution in [-0.2, 0) is 0 Å². The molecule has 2 heterocycles. The summed E-state index contributed by atoms with van der Waals surface area (Å²) in [6.07, 6.45) is 4.21. The number of nitrogens with zero attached hydrogens (tertiary/aromatic N) is 4. The third-order valence-electron chi connectivity index (χ3n) is 3.50. The summed E-state index contributed by atoms with van der Waals surface area (Å²) in [7, 11) is 0. The Morgan fingerprint density at radius 1 is 1.04 bits per heavy atom. The minimum Gasteiger partial charge on any atom is -0.439 e. The Labute approximate surface area is 152 Å². The van der Waals surface area contributed by atoms with Gasteiger partial charge in [-0.05, 0) is 30.7 Å². The molecule has 0 aliphatic rings. The van der Waals surface area contributed by atoms with E-state index in [2.05, 4.69) is 10.1 Å². The van der Waals surface area contributed by atoms with E-state index < -0.39 is 9.85 Å². The van der Waals surface area contributed by atoms with Crippen LogP contribution in [0.25, 0.3) is 12.2 Å². The molecular weight excluding hydrogens is 356 g/mol. The van der Waals surface area contributed by atoms with Crippen molar-refractivity contribution in [1.29, 1.82) is 0 Å². The zero-order chi connectivity index (χ0) is 19.4. The molecule has 27 heavy (non-hydrogen) atoms. The van der Waals surface area contributed by atoms with Crippen molar-refractivity contribution >= 4 is 23.5 Å². The standard InChI is InChI=1S/C17H12N4O6/c1-11-17(21(24)25)15(27-19-11)8-4-12-2-6-14(7-3-12)26-16-9-5-13(10-18-16)20(22)23/h2-10H,1H3/b8-4+. The maximum absolute atomic E-state index is 11.0. The van der Waals surface area contributed by atoms with Gasteiger partial charge in [0.1, 0.15) is 11.9 Å². The first-order valence-electron chi connectivity index (χ1n) is 7.61. The highest BCUT2D eigenvalue weighted by Crippen LogP contribution is 2.25. The van der Waals surface area contributed by atoms with Crippen LogP contribution in [-0.4, -0.2) is 20.0 Å². The molecule has 136 valence electrons. The smallest absolute Gasteiger partial charge is 0.338 e.